The maximum Gasteiger partial charge on any atom is 0.340 e. The van der Waals surface area contributed by atoms with Gasteiger partial charge in [-0.1, -0.05) is 0 Å². The van der Waals surface area contributed by atoms with E-state index in [-0.39, 0.29) is 40.5 Å². The minimum atomic E-state index is -1.53. The maximum absolute atomic E-state index is 13.1. The molecule has 1 unspecified atom stereocenters. The number of hydrogen-bond acceptors (Lipinski definition) is 8. The third-order valence-electron chi connectivity index (χ3n) is 6.59. The summed E-state index contributed by atoms with van der Waals surface area (Å²) in [5.74, 6) is -2.16. The number of hydrogen-bond donors (Lipinski definition) is 5. The molecule has 5 rings (SSSR count). The van der Waals surface area contributed by atoms with Crippen LogP contribution in [0.25, 0.3) is 0 Å². The molecule has 10 heteroatoms. The fourth-order valence-corrected chi connectivity index (χ4v) is 4.83. The van der Waals surface area contributed by atoms with E-state index in [1.54, 1.807) is 12.1 Å². The first-order chi connectivity index (χ1) is 17.7. The van der Waals surface area contributed by atoms with Gasteiger partial charge in [-0.25, -0.2) is 9.59 Å². The number of unbranched alkanes of at least 4 members (excludes halogenated alkanes) is 1. The summed E-state index contributed by atoms with van der Waals surface area (Å²) in [5, 5.41) is 32.2. The zero-order valence-electron chi connectivity index (χ0n) is 19.6. The molecule has 0 fully saturated rings. The van der Waals surface area contributed by atoms with Crippen molar-refractivity contribution in [2.24, 2.45) is 5.73 Å². The minimum absolute atomic E-state index is 0.0791. The van der Waals surface area contributed by atoms with Crippen LogP contribution in [0.3, 0.4) is 0 Å². The zero-order valence-corrected chi connectivity index (χ0v) is 19.6. The lowest BCUT2D eigenvalue weighted by Crippen LogP contribution is -2.41. The monoisotopic (exact) mass is 504 g/mol. The van der Waals surface area contributed by atoms with Gasteiger partial charge in [0.05, 0.1) is 5.56 Å². The third-order valence-corrected chi connectivity index (χ3v) is 6.59. The van der Waals surface area contributed by atoms with E-state index in [1.165, 1.54) is 42.5 Å². The Bertz CT molecular complexity index is 1380. The number of aliphatic carboxylic acids is 1. The number of carbonyl (C=O) groups excluding carboxylic acids is 2. The summed E-state index contributed by atoms with van der Waals surface area (Å²) in [6.07, 6.45) is 1.39. The number of carboxylic acid groups (broad SMARTS) is 1. The molecule has 1 spiro atoms. The van der Waals surface area contributed by atoms with Crippen LogP contribution in [0.1, 0.15) is 56.7 Å². The molecule has 0 radical (unpaired) electrons. The lowest BCUT2D eigenvalue weighted by molar-refractivity contribution is -0.139. The highest BCUT2D eigenvalue weighted by molar-refractivity contribution is 6.01. The molecule has 190 valence electrons. The van der Waals surface area contributed by atoms with Crippen LogP contribution in [-0.4, -0.2) is 45.8 Å². The molecule has 0 saturated carbocycles. The van der Waals surface area contributed by atoms with Crippen LogP contribution in [0.5, 0.6) is 23.0 Å². The van der Waals surface area contributed by atoms with E-state index in [2.05, 4.69) is 5.32 Å². The van der Waals surface area contributed by atoms with Gasteiger partial charge >= 0.3 is 11.9 Å². The lowest BCUT2D eigenvalue weighted by Gasteiger charge is -2.36. The Hall–Kier alpha value is -4.57. The summed E-state index contributed by atoms with van der Waals surface area (Å²) in [4.78, 5) is 37.8. The van der Waals surface area contributed by atoms with Gasteiger partial charge in [0.1, 0.15) is 29.0 Å². The number of amides is 1. The van der Waals surface area contributed by atoms with Gasteiger partial charge in [0.15, 0.2) is 5.60 Å². The molecule has 1 amide bonds. The van der Waals surface area contributed by atoms with Crippen molar-refractivity contribution in [2.45, 2.75) is 30.9 Å². The van der Waals surface area contributed by atoms with Gasteiger partial charge in [-0.05, 0) is 68.3 Å². The molecule has 2 heterocycles. The summed E-state index contributed by atoms with van der Waals surface area (Å²) in [5.41, 5.74) is 5.49. The molecule has 3 aromatic rings. The molecule has 10 nitrogen and oxygen atoms in total. The molecule has 6 N–H and O–H groups in total. The second-order valence-corrected chi connectivity index (χ2v) is 8.94. The van der Waals surface area contributed by atoms with Crippen molar-refractivity contribution in [3.63, 3.8) is 0 Å². The van der Waals surface area contributed by atoms with E-state index in [9.17, 15) is 29.7 Å². The van der Waals surface area contributed by atoms with Gasteiger partial charge in [0.25, 0.3) is 5.91 Å². The quantitative estimate of drug-likeness (QED) is 0.240. The number of ether oxygens (including phenoxy) is 2. The molecule has 0 bridgehead atoms. The average molecular weight is 504 g/mol. The standard InChI is InChI=1S/C27H24N2O8/c28-10-2-1-3-21(25(33)34)29-24(32)14-4-7-17-20(11-14)27(37-26(17)35)18-8-5-15(30)12-22(18)36-23-13-16(31)6-9-19(23)27/h4-9,11-13,21,30-31H,1-3,10,28H2,(H,29,32)(H,33,34). The van der Waals surface area contributed by atoms with Crippen molar-refractivity contribution in [1.29, 1.82) is 0 Å². The predicted molar refractivity (Wildman–Crippen MR) is 130 cm³/mol. The summed E-state index contributed by atoms with van der Waals surface area (Å²) in [6.45, 7) is 0.420. The van der Waals surface area contributed by atoms with Crippen LogP contribution in [-0.2, 0) is 15.1 Å². The molecule has 1 atom stereocenters. The van der Waals surface area contributed by atoms with Crippen LogP contribution in [0.15, 0.2) is 54.6 Å². The number of esters is 1. The highest BCUT2D eigenvalue weighted by Gasteiger charge is 2.54. The summed E-state index contributed by atoms with van der Waals surface area (Å²) >= 11 is 0. The molecule has 3 aromatic carbocycles. The smallest absolute Gasteiger partial charge is 0.340 e. The number of nitrogens with one attached hydrogen (secondary N) is 1. The Morgan fingerprint density at radius 2 is 1.57 bits per heavy atom. The van der Waals surface area contributed by atoms with Gasteiger partial charge in [-0.2, -0.15) is 0 Å². The van der Waals surface area contributed by atoms with Crippen molar-refractivity contribution in [2.75, 3.05) is 6.54 Å². The van der Waals surface area contributed by atoms with Gasteiger partial charge < -0.3 is 35.8 Å². The Kier molecular flexibility index (Phi) is 5.96. The number of phenolic OH excluding ortho intramolecular Hbond substituents is 2. The fraction of sp³-hybridized carbons (Fsp3) is 0.222. The van der Waals surface area contributed by atoms with E-state index in [4.69, 9.17) is 15.2 Å². The number of carbonyl (C=O) groups is 3. The number of nitrogens with two attached hydrogens (primary N) is 1. The van der Waals surface area contributed by atoms with Gasteiger partial charge in [0, 0.05) is 34.4 Å². The fourth-order valence-electron chi connectivity index (χ4n) is 4.83. The first-order valence-electron chi connectivity index (χ1n) is 11.7. The van der Waals surface area contributed by atoms with Gasteiger partial charge in [0.2, 0.25) is 0 Å². The highest BCUT2D eigenvalue weighted by Crippen LogP contribution is 2.57. The molecule has 2 aliphatic rings. The second-order valence-electron chi connectivity index (χ2n) is 8.94. The van der Waals surface area contributed by atoms with Crippen LogP contribution < -0.4 is 15.8 Å². The number of carboxylic acids is 1. The molecule has 0 aromatic heterocycles. The number of benzene rings is 3. The van der Waals surface area contributed by atoms with E-state index in [0.29, 0.717) is 36.1 Å². The predicted octanol–water partition coefficient (Wildman–Crippen LogP) is 2.98. The van der Waals surface area contributed by atoms with Crippen LogP contribution in [0.4, 0.5) is 0 Å². The number of phenols is 2. The zero-order chi connectivity index (χ0) is 26.3. The summed E-state index contributed by atoms with van der Waals surface area (Å²) in [7, 11) is 0. The van der Waals surface area contributed by atoms with E-state index >= 15 is 0 Å². The van der Waals surface area contributed by atoms with Crippen molar-refractivity contribution >= 4 is 17.8 Å². The summed E-state index contributed by atoms with van der Waals surface area (Å²) < 4.78 is 11.9. The Labute approximate surface area is 211 Å². The Morgan fingerprint density at radius 3 is 2.16 bits per heavy atom. The first-order valence-corrected chi connectivity index (χ1v) is 11.7. The Balaban J connectivity index is 1.61. The van der Waals surface area contributed by atoms with E-state index in [0.717, 1.165) is 0 Å². The number of fused-ring (bicyclic) bond motifs is 6. The van der Waals surface area contributed by atoms with E-state index < -0.39 is 29.5 Å². The second kappa shape index (κ2) is 9.14. The molecule has 0 aliphatic carbocycles. The molecule has 0 saturated heterocycles. The molecular weight excluding hydrogens is 480 g/mol. The van der Waals surface area contributed by atoms with Crippen molar-refractivity contribution in [3.05, 3.63) is 82.4 Å². The number of rotatable bonds is 7. The molecular formula is C27H24N2O8. The topological polar surface area (TPSA) is 168 Å². The third kappa shape index (κ3) is 4.01. The Morgan fingerprint density at radius 1 is 0.919 bits per heavy atom. The van der Waals surface area contributed by atoms with Gasteiger partial charge in [-0.15, -0.1) is 0 Å². The lowest BCUT2D eigenvalue weighted by atomic mass is 9.77. The number of aromatic hydroxyl groups is 2. The maximum atomic E-state index is 13.1. The van der Waals surface area contributed by atoms with Crippen LogP contribution >= 0.6 is 0 Å². The van der Waals surface area contributed by atoms with Gasteiger partial charge in [-0.3, -0.25) is 4.79 Å². The first kappa shape index (κ1) is 24.1. The van der Waals surface area contributed by atoms with Crippen LogP contribution in [0.2, 0.25) is 0 Å². The minimum Gasteiger partial charge on any atom is -0.508 e. The van der Waals surface area contributed by atoms with Crippen LogP contribution in [0, 0.1) is 0 Å². The highest BCUT2D eigenvalue weighted by atomic mass is 16.6. The summed E-state index contributed by atoms with van der Waals surface area (Å²) in [6, 6.07) is 12.0. The van der Waals surface area contributed by atoms with Crippen molar-refractivity contribution in [3.8, 4) is 23.0 Å². The largest absolute Gasteiger partial charge is 0.508 e. The molecule has 37 heavy (non-hydrogen) atoms. The van der Waals surface area contributed by atoms with E-state index in [1.807, 2.05) is 0 Å². The average Bonchev–Trinajstić information content (AvgIpc) is 3.15. The van der Waals surface area contributed by atoms with Crippen molar-refractivity contribution < 1.29 is 39.2 Å². The normalized spacial score (nSPS) is 15.1. The SMILES string of the molecule is NCCCCC(NC(=O)c1ccc2c(c1)C1(OC2=O)c2ccc(O)cc2Oc2cc(O)ccc21)C(=O)O. The molecule has 2 aliphatic heterocycles. The van der Waals surface area contributed by atoms with Crippen molar-refractivity contribution in [1.82, 2.24) is 5.32 Å².